The molecule has 0 N–H and O–H groups in total. The summed E-state index contributed by atoms with van der Waals surface area (Å²) in [4.78, 5) is 0. The van der Waals surface area contributed by atoms with Gasteiger partial charge in [-0.05, 0) is 24.2 Å². The second-order valence-electron chi connectivity index (χ2n) is 4.40. The van der Waals surface area contributed by atoms with Crippen molar-refractivity contribution in [2.45, 2.75) is 52.9 Å². The molecule has 0 saturated carbocycles. The van der Waals surface area contributed by atoms with Crippen LogP contribution in [0.3, 0.4) is 0 Å². The molecule has 0 atom stereocenters. The van der Waals surface area contributed by atoms with Crippen LogP contribution in [0.25, 0.3) is 0 Å². The molecular formula is C12H24Cl2. The third kappa shape index (κ3) is 4.40. The van der Waals surface area contributed by atoms with E-state index in [0.29, 0.717) is 11.8 Å². The summed E-state index contributed by atoms with van der Waals surface area (Å²) < 4.78 is 0. The summed E-state index contributed by atoms with van der Waals surface area (Å²) in [5.74, 6) is 2.21. The fourth-order valence-electron chi connectivity index (χ4n) is 2.10. The Labute approximate surface area is 99.4 Å². The van der Waals surface area contributed by atoms with Crippen LogP contribution in [0.15, 0.2) is 0 Å². The van der Waals surface area contributed by atoms with Gasteiger partial charge in [0.05, 0.1) is 0 Å². The molecule has 0 fully saturated rings. The van der Waals surface area contributed by atoms with Gasteiger partial charge in [-0.3, -0.25) is 0 Å². The molecule has 0 spiro atoms. The Balaban J connectivity index is 4.31. The van der Waals surface area contributed by atoms with Crippen LogP contribution in [0, 0.1) is 11.3 Å². The van der Waals surface area contributed by atoms with E-state index in [1.54, 1.807) is 0 Å². The van der Waals surface area contributed by atoms with Gasteiger partial charge in [0.2, 0.25) is 0 Å². The zero-order valence-corrected chi connectivity index (χ0v) is 11.3. The second-order valence-corrected chi connectivity index (χ2v) is 4.94. The van der Waals surface area contributed by atoms with Gasteiger partial charge < -0.3 is 0 Å². The minimum Gasteiger partial charge on any atom is -0.126 e. The highest BCUT2D eigenvalue weighted by Crippen LogP contribution is 2.36. The Morgan fingerprint density at radius 1 is 1.00 bits per heavy atom. The largest absolute Gasteiger partial charge is 0.126 e. The average molecular weight is 239 g/mol. The maximum absolute atomic E-state index is 6.08. The SMILES string of the molecule is CCCC(CCl)(CCl)CC(CC)CC. The molecule has 0 aromatic carbocycles. The van der Waals surface area contributed by atoms with E-state index in [-0.39, 0.29) is 5.41 Å². The van der Waals surface area contributed by atoms with E-state index < -0.39 is 0 Å². The summed E-state index contributed by atoms with van der Waals surface area (Å²) in [5, 5.41) is 0. The van der Waals surface area contributed by atoms with Crippen molar-refractivity contribution < 1.29 is 0 Å². The van der Waals surface area contributed by atoms with Gasteiger partial charge in [-0.25, -0.2) is 0 Å². The molecule has 0 nitrogen and oxygen atoms in total. The van der Waals surface area contributed by atoms with Crippen molar-refractivity contribution in [3.8, 4) is 0 Å². The predicted molar refractivity (Wildman–Crippen MR) is 67.5 cm³/mol. The molecule has 0 unspecified atom stereocenters. The first-order valence-electron chi connectivity index (χ1n) is 5.79. The van der Waals surface area contributed by atoms with Gasteiger partial charge in [0.15, 0.2) is 0 Å². The van der Waals surface area contributed by atoms with Crippen LogP contribution in [-0.4, -0.2) is 11.8 Å². The molecule has 0 saturated heterocycles. The number of rotatable bonds is 8. The highest BCUT2D eigenvalue weighted by molar-refractivity contribution is 6.21. The monoisotopic (exact) mass is 238 g/mol. The van der Waals surface area contributed by atoms with Crippen LogP contribution in [0.1, 0.15) is 52.9 Å². The third-order valence-corrected chi connectivity index (χ3v) is 4.36. The summed E-state index contributed by atoms with van der Waals surface area (Å²) in [6, 6.07) is 0. The highest BCUT2D eigenvalue weighted by atomic mass is 35.5. The quantitative estimate of drug-likeness (QED) is 0.518. The van der Waals surface area contributed by atoms with E-state index >= 15 is 0 Å². The lowest BCUT2D eigenvalue weighted by molar-refractivity contribution is 0.245. The molecule has 0 aliphatic heterocycles. The maximum atomic E-state index is 6.08. The van der Waals surface area contributed by atoms with Crippen LogP contribution >= 0.6 is 23.2 Å². The summed E-state index contributed by atoms with van der Waals surface area (Å²) >= 11 is 12.2. The normalized spacial score (nSPS) is 12.4. The zero-order valence-electron chi connectivity index (χ0n) is 9.78. The average Bonchev–Trinajstić information content (AvgIpc) is 2.24. The van der Waals surface area contributed by atoms with Gasteiger partial charge in [-0.2, -0.15) is 0 Å². The molecule has 0 heterocycles. The van der Waals surface area contributed by atoms with Crippen molar-refractivity contribution in [2.24, 2.45) is 11.3 Å². The Morgan fingerprint density at radius 2 is 1.50 bits per heavy atom. The van der Waals surface area contributed by atoms with E-state index in [0.717, 1.165) is 12.3 Å². The van der Waals surface area contributed by atoms with Crippen molar-refractivity contribution in [3.05, 3.63) is 0 Å². The van der Waals surface area contributed by atoms with E-state index in [9.17, 15) is 0 Å². The minimum absolute atomic E-state index is 0.189. The summed E-state index contributed by atoms with van der Waals surface area (Å²) in [7, 11) is 0. The molecule has 0 radical (unpaired) electrons. The molecule has 86 valence electrons. The van der Waals surface area contributed by atoms with E-state index in [2.05, 4.69) is 20.8 Å². The Bertz CT molecular complexity index is 126. The van der Waals surface area contributed by atoms with Crippen molar-refractivity contribution in [1.82, 2.24) is 0 Å². The number of hydrogen-bond donors (Lipinski definition) is 0. The van der Waals surface area contributed by atoms with E-state index in [4.69, 9.17) is 23.2 Å². The highest BCUT2D eigenvalue weighted by Gasteiger charge is 2.29. The Hall–Kier alpha value is 0.580. The van der Waals surface area contributed by atoms with Gasteiger partial charge >= 0.3 is 0 Å². The molecular weight excluding hydrogens is 215 g/mol. The van der Waals surface area contributed by atoms with Crippen LogP contribution < -0.4 is 0 Å². The summed E-state index contributed by atoms with van der Waals surface area (Å²) in [5.41, 5.74) is 0.189. The smallest absolute Gasteiger partial charge is 0.0291 e. The lowest BCUT2D eigenvalue weighted by atomic mass is 9.77. The zero-order chi connectivity index (χ0) is 11.0. The standard InChI is InChI=1S/C12H24Cl2/c1-4-7-12(9-13,10-14)8-11(5-2)6-3/h11H,4-10H2,1-3H3. The van der Waals surface area contributed by atoms with Crippen LogP contribution in [-0.2, 0) is 0 Å². The molecule has 0 aliphatic carbocycles. The van der Waals surface area contributed by atoms with Crippen LogP contribution in [0.4, 0.5) is 0 Å². The van der Waals surface area contributed by atoms with Gasteiger partial charge in [-0.1, -0.05) is 40.0 Å². The van der Waals surface area contributed by atoms with Crippen molar-refractivity contribution in [3.63, 3.8) is 0 Å². The summed E-state index contributed by atoms with van der Waals surface area (Å²) in [6.45, 7) is 6.72. The predicted octanol–water partition coefficient (Wildman–Crippen LogP) is 5.08. The fraction of sp³-hybridized carbons (Fsp3) is 1.00. The van der Waals surface area contributed by atoms with Crippen molar-refractivity contribution in [1.29, 1.82) is 0 Å². The molecule has 0 amide bonds. The Kier molecular flexibility index (Phi) is 8.14. The lowest BCUT2D eigenvalue weighted by Crippen LogP contribution is -2.28. The molecule has 0 bridgehead atoms. The Morgan fingerprint density at radius 3 is 1.79 bits per heavy atom. The first-order valence-corrected chi connectivity index (χ1v) is 6.86. The molecule has 14 heavy (non-hydrogen) atoms. The van der Waals surface area contributed by atoms with E-state index in [1.165, 1.54) is 25.7 Å². The molecule has 0 aliphatic rings. The van der Waals surface area contributed by atoms with E-state index in [1.807, 2.05) is 0 Å². The fourth-order valence-corrected chi connectivity index (χ4v) is 2.87. The number of halogens is 2. The van der Waals surface area contributed by atoms with Crippen molar-refractivity contribution >= 4 is 23.2 Å². The van der Waals surface area contributed by atoms with Gasteiger partial charge in [-0.15, -0.1) is 23.2 Å². The first kappa shape index (κ1) is 14.6. The molecule has 0 aromatic heterocycles. The molecule has 2 heteroatoms. The number of hydrogen-bond acceptors (Lipinski definition) is 0. The van der Waals surface area contributed by atoms with Crippen LogP contribution in [0.5, 0.6) is 0 Å². The minimum atomic E-state index is 0.189. The van der Waals surface area contributed by atoms with Gasteiger partial charge in [0.1, 0.15) is 0 Å². The third-order valence-electron chi connectivity index (χ3n) is 3.22. The topological polar surface area (TPSA) is 0 Å². The maximum Gasteiger partial charge on any atom is 0.0291 e. The van der Waals surface area contributed by atoms with Gasteiger partial charge in [0, 0.05) is 11.8 Å². The van der Waals surface area contributed by atoms with Crippen LogP contribution in [0.2, 0.25) is 0 Å². The summed E-state index contributed by atoms with van der Waals surface area (Å²) in [6.07, 6.45) is 6.03. The first-order chi connectivity index (χ1) is 6.67. The molecule has 0 rings (SSSR count). The van der Waals surface area contributed by atoms with Gasteiger partial charge in [0.25, 0.3) is 0 Å². The number of alkyl halides is 2. The lowest BCUT2D eigenvalue weighted by Gasteiger charge is -2.32. The second kappa shape index (κ2) is 7.82. The van der Waals surface area contributed by atoms with Crippen molar-refractivity contribution in [2.75, 3.05) is 11.8 Å². The molecule has 0 aromatic rings.